The molecule has 78 valence electrons. The van der Waals surface area contributed by atoms with Gasteiger partial charge >= 0.3 is 5.97 Å². The first-order valence-corrected chi connectivity index (χ1v) is 4.27. The zero-order valence-corrected chi connectivity index (χ0v) is 7.99. The van der Waals surface area contributed by atoms with Crippen molar-refractivity contribution in [2.45, 2.75) is 6.10 Å². The average Bonchev–Trinajstić information content (AvgIpc) is 2.70. The fourth-order valence-corrected chi connectivity index (χ4v) is 1.34. The van der Waals surface area contributed by atoms with Crippen molar-refractivity contribution in [2.75, 3.05) is 7.11 Å². The van der Waals surface area contributed by atoms with Crippen LogP contribution in [0.3, 0.4) is 0 Å². The monoisotopic (exact) mass is 207 g/mol. The van der Waals surface area contributed by atoms with Crippen molar-refractivity contribution in [3.63, 3.8) is 0 Å². The number of aromatic nitrogens is 3. The molecule has 0 fully saturated rings. The van der Waals surface area contributed by atoms with Crippen molar-refractivity contribution in [3.05, 3.63) is 30.4 Å². The molecule has 6 nitrogen and oxygen atoms in total. The zero-order chi connectivity index (χ0) is 10.8. The second-order valence-electron chi connectivity index (χ2n) is 2.94. The molecule has 0 aliphatic carbocycles. The highest BCUT2D eigenvalue weighted by Crippen LogP contribution is 2.19. The Labute approximate surface area is 85.1 Å². The van der Waals surface area contributed by atoms with Crippen molar-refractivity contribution in [3.8, 4) is 0 Å². The van der Waals surface area contributed by atoms with Crippen LogP contribution >= 0.6 is 0 Å². The van der Waals surface area contributed by atoms with E-state index in [1.165, 1.54) is 24.1 Å². The molecule has 0 saturated carbocycles. The lowest BCUT2D eigenvalue weighted by atomic mass is 10.1. The van der Waals surface area contributed by atoms with E-state index in [1.807, 2.05) is 0 Å². The van der Waals surface area contributed by atoms with E-state index in [2.05, 4.69) is 14.8 Å². The van der Waals surface area contributed by atoms with Crippen molar-refractivity contribution < 1.29 is 14.6 Å². The minimum Gasteiger partial charge on any atom is -0.467 e. The number of ether oxygens (including phenoxy) is 1. The van der Waals surface area contributed by atoms with Crippen LogP contribution in [0.15, 0.2) is 24.8 Å². The summed E-state index contributed by atoms with van der Waals surface area (Å²) in [5.41, 5.74) is 1.01. The van der Waals surface area contributed by atoms with Crippen LogP contribution in [0.4, 0.5) is 0 Å². The number of nitrogens with zero attached hydrogens (tertiary/aromatic N) is 3. The summed E-state index contributed by atoms with van der Waals surface area (Å²) in [5, 5.41) is 13.5. The highest BCUT2D eigenvalue weighted by Gasteiger charge is 2.21. The number of aliphatic hydroxyl groups is 1. The van der Waals surface area contributed by atoms with E-state index in [0.29, 0.717) is 11.1 Å². The number of hydrogen-bond donors (Lipinski definition) is 1. The molecule has 0 aliphatic rings. The van der Waals surface area contributed by atoms with Gasteiger partial charge in [0.25, 0.3) is 0 Å². The normalized spacial score (nSPS) is 12.7. The quantitative estimate of drug-likeness (QED) is 0.698. The highest BCUT2D eigenvalue weighted by atomic mass is 16.5. The molecule has 0 spiro atoms. The Morgan fingerprint density at radius 2 is 2.47 bits per heavy atom. The summed E-state index contributed by atoms with van der Waals surface area (Å²) in [5.74, 6) is -0.702. The van der Waals surface area contributed by atoms with E-state index < -0.39 is 12.1 Å². The molecule has 6 heteroatoms. The molecule has 2 heterocycles. The Hall–Kier alpha value is -1.95. The van der Waals surface area contributed by atoms with E-state index >= 15 is 0 Å². The van der Waals surface area contributed by atoms with Crippen molar-refractivity contribution in [1.82, 2.24) is 14.6 Å². The van der Waals surface area contributed by atoms with Crippen LogP contribution in [-0.2, 0) is 9.53 Å². The van der Waals surface area contributed by atoms with Gasteiger partial charge < -0.3 is 9.84 Å². The molecule has 1 unspecified atom stereocenters. The third kappa shape index (κ3) is 1.55. The molecule has 1 atom stereocenters. The fraction of sp³-hybridized carbons (Fsp3) is 0.222. The minimum absolute atomic E-state index is 0.433. The molecule has 1 N–H and O–H groups in total. The first kappa shape index (κ1) is 9.60. The summed E-state index contributed by atoms with van der Waals surface area (Å²) in [7, 11) is 1.22. The van der Waals surface area contributed by atoms with Crippen LogP contribution in [0.5, 0.6) is 0 Å². The maximum Gasteiger partial charge on any atom is 0.339 e. The van der Waals surface area contributed by atoms with E-state index in [4.69, 9.17) is 0 Å². The molecule has 0 saturated heterocycles. The lowest BCUT2D eigenvalue weighted by Crippen LogP contribution is -2.13. The number of rotatable bonds is 2. The van der Waals surface area contributed by atoms with Crippen molar-refractivity contribution in [1.29, 1.82) is 0 Å². The lowest BCUT2D eigenvalue weighted by Gasteiger charge is -2.06. The van der Waals surface area contributed by atoms with E-state index in [-0.39, 0.29) is 0 Å². The Bertz CT molecular complexity index is 494. The van der Waals surface area contributed by atoms with Crippen LogP contribution in [-0.4, -0.2) is 32.8 Å². The summed E-state index contributed by atoms with van der Waals surface area (Å²) < 4.78 is 5.97. The van der Waals surface area contributed by atoms with Gasteiger partial charge in [-0.05, 0) is 6.07 Å². The number of aliphatic hydroxyl groups excluding tert-OH is 1. The topological polar surface area (TPSA) is 76.7 Å². The van der Waals surface area contributed by atoms with Gasteiger partial charge in [0.1, 0.15) is 6.33 Å². The maximum absolute atomic E-state index is 11.1. The Morgan fingerprint density at radius 3 is 3.20 bits per heavy atom. The zero-order valence-electron chi connectivity index (χ0n) is 7.99. The second-order valence-corrected chi connectivity index (χ2v) is 2.94. The molecule has 0 aromatic carbocycles. The summed E-state index contributed by atoms with van der Waals surface area (Å²) >= 11 is 0. The SMILES string of the molecule is COC(=O)C(O)c1ccn2ncncc12. The third-order valence-electron chi connectivity index (χ3n) is 2.10. The number of hydrogen-bond acceptors (Lipinski definition) is 5. The van der Waals surface area contributed by atoms with Crippen LogP contribution in [0.2, 0.25) is 0 Å². The molecule has 2 aromatic heterocycles. The molecule has 0 amide bonds. The van der Waals surface area contributed by atoms with Crippen LogP contribution in [0.1, 0.15) is 11.7 Å². The molecule has 0 radical (unpaired) electrons. The predicted octanol–water partition coefficient (Wildman–Crippen LogP) is -0.0643. The summed E-state index contributed by atoms with van der Waals surface area (Å²) in [6.45, 7) is 0. The molecule has 0 bridgehead atoms. The number of methoxy groups -OCH3 is 1. The van der Waals surface area contributed by atoms with E-state index in [0.717, 1.165) is 0 Å². The Morgan fingerprint density at radius 1 is 1.67 bits per heavy atom. The number of carbonyl (C=O) groups is 1. The van der Waals surface area contributed by atoms with Gasteiger partial charge in [-0.15, -0.1) is 0 Å². The third-order valence-corrected chi connectivity index (χ3v) is 2.10. The number of fused-ring (bicyclic) bond motifs is 1. The number of carbonyl (C=O) groups excluding carboxylic acids is 1. The van der Waals surface area contributed by atoms with Gasteiger partial charge in [0, 0.05) is 11.8 Å². The largest absolute Gasteiger partial charge is 0.467 e. The maximum atomic E-state index is 11.1. The minimum atomic E-state index is -1.30. The molecule has 2 aromatic rings. The van der Waals surface area contributed by atoms with Crippen molar-refractivity contribution >= 4 is 11.5 Å². The first-order valence-electron chi connectivity index (χ1n) is 4.27. The smallest absolute Gasteiger partial charge is 0.339 e. The second kappa shape index (κ2) is 3.66. The van der Waals surface area contributed by atoms with Gasteiger partial charge in [-0.25, -0.2) is 14.3 Å². The van der Waals surface area contributed by atoms with Crippen molar-refractivity contribution in [2.24, 2.45) is 0 Å². The van der Waals surface area contributed by atoms with Gasteiger partial charge in [-0.1, -0.05) is 0 Å². The van der Waals surface area contributed by atoms with Gasteiger partial charge in [0.2, 0.25) is 0 Å². The molecular formula is C9H9N3O3. The summed E-state index contributed by atoms with van der Waals surface area (Å²) in [4.78, 5) is 14.9. The number of esters is 1. The highest BCUT2D eigenvalue weighted by molar-refractivity contribution is 5.79. The van der Waals surface area contributed by atoms with E-state index in [9.17, 15) is 9.90 Å². The Kier molecular flexibility index (Phi) is 2.34. The average molecular weight is 207 g/mol. The van der Waals surface area contributed by atoms with Gasteiger partial charge in [0.15, 0.2) is 6.10 Å². The van der Waals surface area contributed by atoms with Gasteiger partial charge in [-0.3, -0.25) is 0 Å². The molecule has 0 aliphatic heterocycles. The summed E-state index contributed by atoms with van der Waals surface area (Å²) in [6.07, 6.45) is 3.24. The van der Waals surface area contributed by atoms with Gasteiger partial charge in [0.05, 0.1) is 18.8 Å². The van der Waals surface area contributed by atoms with Crippen LogP contribution < -0.4 is 0 Å². The Balaban J connectivity index is 2.48. The van der Waals surface area contributed by atoms with Gasteiger partial charge in [-0.2, -0.15) is 5.10 Å². The van der Waals surface area contributed by atoms with E-state index in [1.54, 1.807) is 12.3 Å². The standard InChI is InChI=1S/C9H9N3O3/c1-15-9(14)8(13)6-2-3-12-7(6)4-10-5-11-12/h2-5,8,13H,1H3. The molecule has 15 heavy (non-hydrogen) atoms. The fourth-order valence-electron chi connectivity index (χ4n) is 1.34. The molecule has 2 rings (SSSR count). The van der Waals surface area contributed by atoms with Crippen LogP contribution in [0, 0.1) is 0 Å². The lowest BCUT2D eigenvalue weighted by molar-refractivity contribution is -0.150. The predicted molar refractivity (Wildman–Crippen MR) is 50.0 cm³/mol. The molecular weight excluding hydrogens is 198 g/mol. The summed E-state index contributed by atoms with van der Waals surface area (Å²) in [6, 6.07) is 1.60. The first-order chi connectivity index (χ1) is 7.24. The van der Waals surface area contributed by atoms with Crippen LogP contribution in [0.25, 0.3) is 5.52 Å².